The van der Waals surface area contributed by atoms with E-state index in [0.29, 0.717) is 6.04 Å². The summed E-state index contributed by atoms with van der Waals surface area (Å²) in [7, 11) is 1.73. The van der Waals surface area contributed by atoms with Crippen LogP contribution in [0.5, 0.6) is 5.75 Å². The minimum Gasteiger partial charge on any atom is -0.497 e. The monoisotopic (exact) mass is 287 g/mol. The van der Waals surface area contributed by atoms with Crippen LogP contribution < -0.4 is 10.1 Å². The largest absolute Gasteiger partial charge is 0.497 e. The molecule has 2 aromatic rings. The predicted molar refractivity (Wildman–Crippen MR) is 87.1 cm³/mol. The second-order valence-corrected chi connectivity index (χ2v) is 5.78. The molecule has 0 bridgehead atoms. The molecule has 0 spiro atoms. The van der Waals surface area contributed by atoms with Gasteiger partial charge in [0.1, 0.15) is 5.75 Å². The predicted octanol–water partition coefficient (Wildman–Crippen LogP) is 2.40. The molecule has 4 nitrogen and oxygen atoms in total. The fraction of sp³-hybridized carbons (Fsp3) is 0.529. The Labute approximate surface area is 126 Å². The van der Waals surface area contributed by atoms with E-state index in [2.05, 4.69) is 40.5 Å². The van der Waals surface area contributed by atoms with E-state index in [-0.39, 0.29) is 0 Å². The summed E-state index contributed by atoms with van der Waals surface area (Å²) in [5, 5.41) is 4.73. The molecule has 21 heavy (non-hydrogen) atoms. The first kappa shape index (κ1) is 14.4. The van der Waals surface area contributed by atoms with Crippen LogP contribution >= 0.6 is 0 Å². The maximum absolute atomic E-state index is 5.36. The van der Waals surface area contributed by atoms with E-state index in [1.165, 1.54) is 22.9 Å². The zero-order valence-electron chi connectivity index (χ0n) is 13.0. The van der Waals surface area contributed by atoms with E-state index < -0.39 is 0 Å². The highest BCUT2D eigenvalue weighted by Gasteiger charge is 2.20. The zero-order valence-corrected chi connectivity index (χ0v) is 13.0. The van der Waals surface area contributed by atoms with Crippen LogP contribution in [-0.2, 0) is 6.42 Å². The van der Waals surface area contributed by atoms with E-state index in [1.54, 1.807) is 7.11 Å². The van der Waals surface area contributed by atoms with Crippen molar-refractivity contribution in [1.29, 1.82) is 0 Å². The quantitative estimate of drug-likeness (QED) is 0.887. The third kappa shape index (κ3) is 3.06. The van der Waals surface area contributed by atoms with Crippen LogP contribution in [0.15, 0.2) is 24.4 Å². The Kier molecular flexibility index (Phi) is 4.46. The Morgan fingerprint density at radius 2 is 2.10 bits per heavy atom. The molecule has 2 heterocycles. The Hall–Kier alpha value is -1.52. The molecule has 1 aromatic carbocycles. The average molecular weight is 287 g/mol. The maximum Gasteiger partial charge on any atom is 0.119 e. The number of aromatic nitrogens is 1. The summed E-state index contributed by atoms with van der Waals surface area (Å²) in [5.41, 5.74) is 2.59. The van der Waals surface area contributed by atoms with Gasteiger partial charge in [-0.1, -0.05) is 6.92 Å². The molecule has 2 N–H and O–H groups in total. The van der Waals surface area contributed by atoms with Gasteiger partial charge in [0.2, 0.25) is 0 Å². The lowest BCUT2D eigenvalue weighted by molar-refractivity contribution is 0.168. The van der Waals surface area contributed by atoms with Gasteiger partial charge in [0.25, 0.3) is 0 Å². The summed E-state index contributed by atoms with van der Waals surface area (Å²) in [6.07, 6.45) is 4.45. The highest BCUT2D eigenvalue weighted by atomic mass is 16.5. The molecule has 1 fully saturated rings. The molecule has 0 saturated carbocycles. The molecule has 1 saturated heterocycles. The number of hydrogen-bond acceptors (Lipinski definition) is 3. The summed E-state index contributed by atoms with van der Waals surface area (Å²) < 4.78 is 5.36. The van der Waals surface area contributed by atoms with Gasteiger partial charge in [-0.3, -0.25) is 4.90 Å². The van der Waals surface area contributed by atoms with Crippen molar-refractivity contribution in [3.63, 3.8) is 0 Å². The molecule has 1 atom stereocenters. The molecule has 0 aliphatic carbocycles. The van der Waals surface area contributed by atoms with E-state index in [1.807, 2.05) is 6.07 Å². The van der Waals surface area contributed by atoms with Crippen molar-refractivity contribution in [3.8, 4) is 5.75 Å². The van der Waals surface area contributed by atoms with Crippen LogP contribution in [0.4, 0.5) is 0 Å². The van der Waals surface area contributed by atoms with Gasteiger partial charge in [-0.25, -0.2) is 0 Å². The third-order valence-corrected chi connectivity index (χ3v) is 4.57. The van der Waals surface area contributed by atoms with Crippen LogP contribution in [0.25, 0.3) is 10.9 Å². The topological polar surface area (TPSA) is 40.3 Å². The van der Waals surface area contributed by atoms with E-state index in [4.69, 9.17) is 4.74 Å². The second-order valence-electron chi connectivity index (χ2n) is 5.78. The van der Waals surface area contributed by atoms with Crippen LogP contribution in [0, 0.1) is 0 Å². The molecule has 1 aliphatic heterocycles. The summed E-state index contributed by atoms with van der Waals surface area (Å²) >= 11 is 0. The molecule has 0 radical (unpaired) electrons. The Bertz CT molecular complexity index is 587. The van der Waals surface area contributed by atoms with Gasteiger partial charge in [0.05, 0.1) is 7.11 Å². The number of hydrogen-bond donors (Lipinski definition) is 2. The summed E-state index contributed by atoms with van der Waals surface area (Å²) in [6.45, 7) is 6.83. The zero-order chi connectivity index (χ0) is 14.7. The van der Waals surface area contributed by atoms with Gasteiger partial charge in [0, 0.05) is 49.3 Å². The molecule has 4 heteroatoms. The number of ether oxygens (including phenoxy) is 1. The normalized spacial score (nSPS) is 18.0. The molecular weight excluding hydrogens is 262 g/mol. The standard InChI is InChI=1S/C17H25N3O/c1-3-14(20-8-6-18-7-9-20)10-13-12-19-17-5-4-15(21-2)11-16(13)17/h4-5,11-12,14,18-19H,3,6-10H2,1-2H3. The van der Waals surface area contributed by atoms with Crippen LogP contribution in [0.2, 0.25) is 0 Å². The fourth-order valence-electron chi connectivity index (χ4n) is 3.29. The number of methoxy groups -OCH3 is 1. The van der Waals surface area contributed by atoms with Crippen LogP contribution in [0.3, 0.4) is 0 Å². The molecule has 114 valence electrons. The van der Waals surface area contributed by atoms with Crippen molar-refractivity contribution in [3.05, 3.63) is 30.0 Å². The molecule has 3 rings (SSSR count). The first-order valence-electron chi connectivity index (χ1n) is 7.90. The smallest absolute Gasteiger partial charge is 0.119 e. The molecule has 1 unspecified atom stereocenters. The van der Waals surface area contributed by atoms with E-state index >= 15 is 0 Å². The number of fused-ring (bicyclic) bond motifs is 1. The van der Waals surface area contributed by atoms with Crippen LogP contribution in [-0.4, -0.2) is 49.2 Å². The number of benzene rings is 1. The number of aromatic amines is 1. The number of piperazine rings is 1. The van der Waals surface area contributed by atoms with E-state index in [9.17, 15) is 0 Å². The molecule has 1 aromatic heterocycles. The number of H-pyrrole nitrogens is 1. The van der Waals surface area contributed by atoms with Crippen molar-refractivity contribution >= 4 is 10.9 Å². The van der Waals surface area contributed by atoms with Gasteiger partial charge in [-0.2, -0.15) is 0 Å². The maximum atomic E-state index is 5.36. The van der Waals surface area contributed by atoms with Gasteiger partial charge in [-0.05, 0) is 36.6 Å². The average Bonchev–Trinajstić information content (AvgIpc) is 2.95. The van der Waals surface area contributed by atoms with E-state index in [0.717, 1.165) is 38.3 Å². The lowest BCUT2D eigenvalue weighted by atomic mass is 10.0. The highest BCUT2D eigenvalue weighted by molar-refractivity contribution is 5.84. The second kappa shape index (κ2) is 6.50. The van der Waals surface area contributed by atoms with Crippen molar-refractivity contribution in [2.24, 2.45) is 0 Å². The lowest BCUT2D eigenvalue weighted by Crippen LogP contribution is -2.48. The van der Waals surface area contributed by atoms with Crippen molar-refractivity contribution < 1.29 is 4.74 Å². The van der Waals surface area contributed by atoms with Gasteiger partial charge < -0.3 is 15.0 Å². The van der Waals surface area contributed by atoms with Gasteiger partial charge >= 0.3 is 0 Å². The minimum absolute atomic E-state index is 0.623. The van der Waals surface area contributed by atoms with Crippen molar-refractivity contribution in [1.82, 2.24) is 15.2 Å². The highest BCUT2D eigenvalue weighted by Crippen LogP contribution is 2.25. The first-order valence-corrected chi connectivity index (χ1v) is 7.90. The van der Waals surface area contributed by atoms with Crippen LogP contribution in [0.1, 0.15) is 18.9 Å². The number of rotatable bonds is 5. The molecule has 0 amide bonds. The molecule has 1 aliphatic rings. The van der Waals surface area contributed by atoms with Crippen molar-refractivity contribution in [2.45, 2.75) is 25.8 Å². The summed E-state index contributed by atoms with van der Waals surface area (Å²) in [4.78, 5) is 6.01. The Morgan fingerprint density at radius 1 is 1.29 bits per heavy atom. The van der Waals surface area contributed by atoms with Crippen molar-refractivity contribution in [2.75, 3.05) is 33.3 Å². The number of nitrogens with one attached hydrogen (secondary N) is 2. The summed E-state index contributed by atoms with van der Waals surface area (Å²) in [5.74, 6) is 0.929. The lowest BCUT2D eigenvalue weighted by Gasteiger charge is -2.34. The minimum atomic E-state index is 0.623. The number of nitrogens with zero attached hydrogens (tertiary/aromatic N) is 1. The fourth-order valence-corrected chi connectivity index (χ4v) is 3.29. The van der Waals surface area contributed by atoms with Gasteiger partial charge in [0.15, 0.2) is 0 Å². The summed E-state index contributed by atoms with van der Waals surface area (Å²) in [6, 6.07) is 6.88. The molecular formula is C17H25N3O. The SMILES string of the molecule is CCC(Cc1c[nH]c2ccc(OC)cc12)N1CCNCC1. The Balaban J connectivity index is 1.82. The van der Waals surface area contributed by atoms with Gasteiger partial charge in [-0.15, -0.1) is 0 Å². The first-order chi connectivity index (χ1) is 10.3. The third-order valence-electron chi connectivity index (χ3n) is 4.57. The Morgan fingerprint density at radius 3 is 2.81 bits per heavy atom.